The van der Waals surface area contributed by atoms with Gasteiger partial charge in [-0.05, 0) is 35.4 Å². The molecule has 2 aromatic rings. The highest BCUT2D eigenvalue weighted by Gasteiger charge is 2.72. The summed E-state index contributed by atoms with van der Waals surface area (Å²) in [6.45, 7) is 0. The van der Waals surface area contributed by atoms with Gasteiger partial charge in [0.05, 0.1) is 0 Å². The highest BCUT2D eigenvalue weighted by atomic mass is 32.1. The molecule has 2 nitrogen and oxygen atoms in total. The number of rotatable bonds is 2. The lowest BCUT2D eigenvalue weighted by molar-refractivity contribution is -0.288. The molecular weight excluding hydrogens is 390 g/mol. The molecule has 2 N–H and O–H groups in total. The van der Waals surface area contributed by atoms with Crippen molar-refractivity contribution in [3.63, 3.8) is 0 Å². The number of alkyl halides is 6. The van der Waals surface area contributed by atoms with Gasteiger partial charge in [-0.15, -0.1) is 25.3 Å². The maximum absolute atomic E-state index is 13.8. The molecule has 2 aromatic carbocycles. The van der Waals surface area contributed by atoms with Gasteiger partial charge in [-0.2, -0.15) is 26.3 Å². The van der Waals surface area contributed by atoms with Gasteiger partial charge in [0.1, 0.15) is 11.5 Å². The molecule has 10 heteroatoms. The summed E-state index contributed by atoms with van der Waals surface area (Å²) in [7, 11) is 0. The molecule has 136 valence electrons. The molecule has 0 unspecified atom stereocenters. The van der Waals surface area contributed by atoms with E-state index in [4.69, 9.17) is 0 Å². The Labute approximate surface area is 148 Å². The van der Waals surface area contributed by atoms with Gasteiger partial charge in [0.2, 0.25) is 5.41 Å². The van der Waals surface area contributed by atoms with E-state index in [1.54, 1.807) is 0 Å². The predicted molar refractivity (Wildman–Crippen MR) is 83.6 cm³/mol. The first kappa shape index (κ1) is 19.6. The van der Waals surface area contributed by atoms with Gasteiger partial charge in [-0.3, -0.25) is 0 Å². The summed E-state index contributed by atoms with van der Waals surface area (Å²) < 4.78 is 82.9. The number of thiol groups is 2. The van der Waals surface area contributed by atoms with E-state index in [9.17, 15) is 36.6 Å². The van der Waals surface area contributed by atoms with Crippen molar-refractivity contribution in [3.05, 3.63) is 47.5 Å². The van der Waals surface area contributed by atoms with E-state index in [2.05, 4.69) is 25.3 Å². The van der Waals surface area contributed by atoms with Crippen LogP contribution in [0.15, 0.2) is 46.2 Å². The van der Waals surface area contributed by atoms with E-state index in [0.717, 1.165) is 0 Å². The van der Waals surface area contributed by atoms with Crippen LogP contribution in [0.4, 0.5) is 26.3 Å². The summed E-state index contributed by atoms with van der Waals surface area (Å²) in [6.07, 6.45) is -11.6. The zero-order valence-electron chi connectivity index (χ0n) is 12.0. The first-order valence-corrected chi connectivity index (χ1v) is 7.40. The van der Waals surface area contributed by atoms with Crippen LogP contribution in [0.3, 0.4) is 0 Å². The van der Waals surface area contributed by atoms with Gasteiger partial charge >= 0.3 is 12.4 Å². The summed E-state index contributed by atoms with van der Waals surface area (Å²) in [5, 5.41) is 18.8. The van der Waals surface area contributed by atoms with Crippen molar-refractivity contribution in [2.24, 2.45) is 0 Å². The second-order valence-electron chi connectivity index (χ2n) is 5.15. The van der Waals surface area contributed by atoms with Crippen molar-refractivity contribution in [2.75, 3.05) is 0 Å². The maximum Gasteiger partial charge on any atom is 0.411 e. The topological polar surface area (TPSA) is 40.5 Å². The zero-order valence-corrected chi connectivity index (χ0v) is 13.8. The molecule has 0 aliphatic carbocycles. The average Bonchev–Trinajstić information content (AvgIpc) is 2.44. The third kappa shape index (κ3) is 3.12. The molecule has 2 rings (SSSR count). The number of hydrogen-bond acceptors (Lipinski definition) is 4. The summed E-state index contributed by atoms with van der Waals surface area (Å²) in [5.74, 6) is -1.13. The van der Waals surface area contributed by atoms with Gasteiger partial charge in [-0.25, -0.2) is 0 Å². The smallest absolute Gasteiger partial charge is 0.411 e. The van der Waals surface area contributed by atoms with Crippen LogP contribution in [0.2, 0.25) is 0 Å². The lowest BCUT2D eigenvalue weighted by Gasteiger charge is -2.38. The predicted octanol–water partition coefficient (Wildman–Crippen LogP) is 5.09. The van der Waals surface area contributed by atoms with Crippen molar-refractivity contribution in [1.29, 1.82) is 0 Å². The highest BCUT2D eigenvalue weighted by molar-refractivity contribution is 7.80. The minimum atomic E-state index is -5.78. The minimum Gasteiger partial charge on any atom is -0.507 e. The second-order valence-corrected chi connectivity index (χ2v) is 6.12. The van der Waals surface area contributed by atoms with Crippen LogP contribution in [-0.2, 0) is 5.41 Å². The van der Waals surface area contributed by atoms with Crippen LogP contribution < -0.4 is 0 Å². The molecule has 0 spiro atoms. The van der Waals surface area contributed by atoms with E-state index in [1.165, 1.54) is 0 Å². The molecule has 0 aliphatic rings. The molecule has 0 heterocycles. The van der Waals surface area contributed by atoms with Crippen LogP contribution in [0, 0.1) is 0 Å². The Morgan fingerprint density at radius 1 is 0.640 bits per heavy atom. The Hall–Kier alpha value is -1.68. The van der Waals surface area contributed by atoms with Crippen LogP contribution in [-0.4, -0.2) is 22.6 Å². The van der Waals surface area contributed by atoms with Gasteiger partial charge in [0.15, 0.2) is 0 Å². The standard InChI is InChI=1S/C15H10F6O2S2/c16-14(17,18)13(15(19,20)21,7-1-3-9(22)11(24)5-7)8-2-4-10(23)12(25)6-8/h1-6,22-25H. The van der Waals surface area contributed by atoms with Crippen LogP contribution in [0.25, 0.3) is 0 Å². The van der Waals surface area contributed by atoms with E-state index in [1.807, 2.05) is 0 Å². The first-order chi connectivity index (χ1) is 11.3. The lowest BCUT2D eigenvalue weighted by Crippen LogP contribution is -2.54. The Bertz CT molecular complexity index is 734. The summed E-state index contributed by atoms with van der Waals surface area (Å²) in [4.78, 5) is -0.888. The van der Waals surface area contributed by atoms with Crippen molar-refractivity contribution >= 4 is 25.3 Å². The van der Waals surface area contributed by atoms with Crippen molar-refractivity contribution < 1.29 is 36.6 Å². The summed E-state index contributed by atoms with van der Waals surface area (Å²) >= 11 is 7.40. The summed E-state index contributed by atoms with van der Waals surface area (Å²) in [5.41, 5.74) is -6.74. The normalized spacial score (nSPS) is 13.1. The molecule has 0 aliphatic heterocycles. The number of phenolic OH excluding ortho intramolecular Hbond substituents is 2. The van der Waals surface area contributed by atoms with Crippen LogP contribution in [0.1, 0.15) is 11.1 Å². The number of hydrogen-bond donors (Lipinski definition) is 4. The summed E-state index contributed by atoms with van der Waals surface area (Å²) in [6, 6.07) is 3.47. The van der Waals surface area contributed by atoms with Crippen LogP contribution in [0.5, 0.6) is 11.5 Å². The Kier molecular flexibility index (Phi) is 4.90. The Balaban J connectivity index is 2.96. The van der Waals surface area contributed by atoms with E-state index in [0.29, 0.717) is 36.4 Å². The fourth-order valence-electron chi connectivity index (χ4n) is 2.50. The number of benzene rings is 2. The molecule has 0 atom stereocenters. The second kappa shape index (κ2) is 6.24. The molecular formula is C15H10F6O2S2. The highest BCUT2D eigenvalue weighted by Crippen LogP contribution is 2.57. The van der Waals surface area contributed by atoms with Crippen molar-refractivity contribution in [1.82, 2.24) is 0 Å². The lowest BCUT2D eigenvalue weighted by atomic mass is 9.73. The maximum atomic E-state index is 13.8. The van der Waals surface area contributed by atoms with Crippen molar-refractivity contribution in [2.45, 2.75) is 27.6 Å². The van der Waals surface area contributed by atoms with Crippen LogP contribution >= 0.6 is 25.3 Å². The molecule has 0 aromatic heterocycles. The molecule has 0 saturated heterocycles. The monoisotopic (exact) mass is 400 g/mol. The Morgan fingerprint density at radius 3 is 1.20 bits per heavy atom. The fourth-order valence-corrected chi connectivity index (χ4v) is 2.92. The molecule has 25 heavy (non-hydrogen) atoms. The zero-order chi connectivity index (χ0) is 19.2. The van der Waals surface area contributed by atoms with E-state index in [-0.39, 0.29) is 0 Å². The number of aromatic hydroxyl groups is 2. The van der Waals surface area contributed by atoms with Gasteiger partial charge in [-0.1, -0.05) is 12.1 Å². The number of phenols is 2. The van der Waals surface area contributed by atoms with E-state index >= 15 is 0 Å². The minimum absolute atomic E-state index is 0.444. The van der Waals surface area contributed by atoms with Crippen molar-refractivity contribution in [3.8, 4) is 11.5 Å². The fraction of sp³-hybridized carbons (Fsp3) is 0.200. The molecule has 0 bridgehead atoms. The molecule has 0 radical (unpaired) electrons. The van der Waals surface area contributed by atoms with Gasteiger partial charge in [0, 0.05) is 9.79 Å². The third-order valence-corrected chi connectivity index (χ3v) is 4.38. The van der Waals surface area contributed by atoms with E-state index < -0.39 is 50.2 Å². The largest absolute Gasteiger partial charge is 0.507 e. The SMILES string of the molecule is Oc1ccc(C(c2ccc(O)c(S)c2)(C(F)(F)F)C(F)(F)F)cc1S. The van der Waals surface area contributed by atoms with Gasteiger partial charge in [0.25, 0.3) is 0 Å². The molecule has 0 amide bonds. The molecule has 0 saturated carbocycles. The molecule has 0 fully saturated rings. The Morgan fingerprint density at radius 2 is 0.960 bits per heavy atom. The van der Waals surface area contributed by atoms with Gasteiger partial charge < -0.3 is 10.2 Å². The number of halogens is 6. The first-order valence-electron chi connectivity index (χ1n) is 6.50. The third-order valence-electron chi connectivity index (χ3n) is 3.67. The quantitative estimate of drug-likeness (QED) is 0.419. The average molecular weight is 400 g/mol.